The van der Waals surface area contributed by atoms with Gasteiger partial charge in [0, 0.05) is 51.5 Å². The van der Waals surface area contributed by atoms with Crippen molar-refractivity contribution in [1.82, 2.24) is 9.80 Å². The lowest BCUT2D eigenvalue weighted by Crippen LogP contribution is -2.43. The third-order valence-corrected chi connectivity index (χ3v) is 8.89. The van der Waals surface area contributed by atoms with Crippen molar-refractivity contribution < 1.29 is 4.79 Å². The smallest absolute Gasteiger partial charge is 0.106 e. The van der Waals surface area contributed by atoms with Crippen molar-refractivity contribution in [2.24, 2.45) is 23.2 Å². The molecule has 3 aliphatic rings. The SMILES string of the molecule is C.C=CC(C)(C)C.C=O.CC.CC1CCC(CCCC2CCN(c3ccc(CN4CCN(C)CC4)cc3)CC2)CC1. The van der Waals surface area contributed by atoms with E-state index in [1.165, 1.54) is 108 Å². The van der Waals surface area contributed by atoms with Crippen LogP contribution in [-0.4, -0.2) is 62.9 Å². The summed E-state index contributed by atoms with van der Waals surface area (Å²) in [6.45, 7) is 26.9. The van der Waals surface area contributed by atoms with E-state index in [-0.39, 0.29) is 7.43 Å². The molecule has 238 valence electrons. The highest BCUT2D eigenvalue weighted by Crippen LogP contribution is 2.33. The lowest BCUT2D eigenvalue weighted by Gasteiger charge is -2.34. The average molecular weight is 572 g/mol. The van der Waals surface area contributed by atoms with E-state index in [4.69, 9.17) is 4.79 Å². The minimum atomic E-state index is 0. The van der Waals surface area contributed by atoms with Gasteiger partial charge in [0.25, 0.3) is 0 Å². The Balaban J connectivity index is 0.00000128. The maximum Gasteiger partial charge on any atom is 0.106 e. The molecule has 41 heavy (non-hydrogen) atoms. The highest BCUT2D eigenvalue weighted by Gasteiger charge is 2.22. The maximum absolute atomic E-state index is 8.00. The Morgan fingerprint density at radius 3 is 1.73 bits per heavy atom. The van der Waals surface area contributed by atoms with Gasteiger partial charge in [-0.3, -0.25) is 4.90 Å². The molecule has 1 aliphatic carbocycles. The van der Waals surface area contributed by atoms with Gasteiger partial charge in [-0.15, -0.1) is 6.58 Å². The van der Waals surface area contributed by atoms with Gasteiger partial charge in [0.2, 0.25) is 0 Å². The zero-order valence-corrected chi connectivity index (χ0v) is 27.6. The van der Waals surface area contributed by atoms with Crippen LogP contribution in [0.15, 0.2) is 36.9 Å². The molecule has 0 aromatic heterocycles. The van der Waals surface area contributed by atoms with Gasteiger partial charge in [-0.1, -0.05) is 112 Å². The van der Waals surface area contributed by atoms with Gasteiger partial charge >= 0.3 is 0 Å². The number of carbonyl (C=O) groups is 1. The number of piperazine rings is 1. The van der Waals surface area contributed by atoms with E-state index in [1.54, 1.807) is 0 Å². The van der Waals surface area contributed by atoms with Crippen LogP contribution in [0.25, 0.3) is 0 Å². The fourth-order valence-electron chi connectivity index (χ4n) is 5.87. The summed E-state index contributed by atoms with van der Waals surface area (Å²) in [4.78, 5) is 15.6. The van der Waals surface area contributed by atoms with E-state index in [1.807, 2.05) is 26.7 Å². The van der Waals surface area contributed by atoms with Crippen LogP contribution in [0, 0.1) is 23.2 Å². The average Bonchev–Trinajstić information content (AvgIpc) is 2.98. The van der Waals surface area contributed by atoms with Crippen molar-refractivity contribution >= 4 is 12.5 Å². The molecule has 0 radical (unpaired) electrons. The number of nitrogens with zero attached hydrogens (tertiary/aromatic N) is 3. The molecule has 0 bridgehead atoms. The number of carbonyl (C=O) groups excluding carboxylic acids is 1. The second kappa shape index (κ2) is 22.0. The van der Waals surface area contributed by atoms with E-state index < -0.39 is 0 Å². The number of benzene rings is 1. The highest BCUT2D eigenvalue weighted by atomic mass is 16.1. The predicted molar refractivity (Wildman–Crippen MR) is 184 cm³/mol. The van der Waals surface area contributed by atoms with Crippen molar-refractivity contribution in [2.75, 3.05) is 51.2 Å². The first-order valence-corrected chi connectivity index (χ1v) is 16.4. The number of likely N-dealkylation sites (N-methyl/N-ethyl adjacent to an activating group) is 1. The molecule has 0 N–H and O–H groups in total. The minimum absolute atomic E-state index is 0. The number of anilines is 1. The zero-order valence-electron chi connectivity index (χ0n) is 27.6. The molecule has 4 heteroatoms. The van der Waals surface area contributed by atoms with Crippen molar-refractivity contribution in [2.45, 2.75) is 113 Å². The molecule has 2 saturated heterocycles. The van der Waals surface area contributed by atoms with Crippen LogP contribution in [-0.2, 0) is 11.3 Å². The number of piperidine rings is 1. The van der Waals surface area contributed by atoms with E-state index in [0.29, 0.717) is 5.41 Å². The first-order chi connectivity index (χ1) is 19.2. The molecule has 0 amide bonds. The van der Waals surface area contributed by atoms with Crippen LogP contribution in [0.5, 0.6) is 0 Å². The zero-order chi connectivity index (χ0) is 30.0. The van der Waals surface area contributed by atoms with E-state index in [2.05, 4.69) is 80.3 Å². The van der Waals surface area contributed by atoms with Gasteiger partial charge in [0.1, 0.15) is 6.79 Å². The van der Waals surface area contributed by atoms with Gasteiger partial charge in [-0.2, -0.15) is 0 Å². The molecule has 2 aliphatic heterocycles. The van der Waals surface area contributed by atoms with Gasteiger partial charge in [-0.05, 0) is 60.8 Å². The molecule has 0 atom stereocenters. The summed E-state index contributed by atoms with van der Waals surface area (Å²) in [7, 11) is 2.23. The van der Waals surface area contributed by atoms with Crippen molar-refractivity contribution in [3.05, 3.63) is 42.5 Å². The molecule has 2 heterocycles. The summed E-state index contributed by atoms with van der Waals surface area (Å²) in [6.07, 6.45) is 15.2. The second-order valence-electron chi connectivity index (χ2n) is 13.3. The Hall–Kier alpha value is -1.65. The maximum atomic E-state index is 8.00. The molecule has 1 aromatic rings. The van der Waals surface area contributed by atoms with Crippen LogP contribution < -0.4 is 4.90 Å². The van der Waals surface area contributed by atoms with Crippen molar-refractivity contribution in [3.63, 3.8) is 0 Å². The Bertz CT molecular complexity index is 747. The number of hydrogen-bond acceptors (Lipinski definition) is 4. The third kappa shape index (κ3) is 16.5. The monoisotopic (exact) mass is 572 g/mol. The van der Waals surface area contributed by atoms with Gasteiger partial charge < -0.3 is 14.6 Å². The van der Waals surface area contributed by atoms with Crippen LogP contribution in [0.4, 0.5) is 5.69 Å². The Labute approximate surface area is 257 Å². The van der Waals surface area contributed by atoms with Crippen molar-refractivity contribution in [3.8, 4) is 0 Å². The Morgan fingerprint density at radius 1 is 0.805 bits per heavy atom. The number of allylic oxidation sites excluding steroid dienone is 1. The molecular formula is C37H69N3O. The first kappa shape index (κ1) is 39.4. The summed E-state index contributed by atoms with van der Waals surface area (Å²) < 4.78 is 0. The highest BCUT2D eigenvalue weighted by molar-refractivity contribution is 5.48. The standard InChI is InChI=1S/C27H45N3.C6H12.C2H6.CH2O.CH4/c1-23-6-8-24(9-7-23)4-3-5-25-14-16-30(17-15-25)27-12-10-26(11-13-27)22-29-20-18-28(2)19-21-29;1-5-6(2,3)4;2*1-2;/h10-13,23-25H,3-9,14-22H2,1-2H3;5H,1H2,2-4H3;1-2H3;1H2;1H4. The summed E-state index contributed by atoms with van der Waals surface area (Å²) in [5, 5.41) is 0. The van der Waals surface area contributed by atoms with Gasteiger partial charge in [-0.25, -0.2) is 0 Å². The molecular weight excluding hydrogens is 502 g/mol. The summed E-state index contributed by atoms with van der Waals surface area (Å²) in [6, 6.07) is 9.47. The lowest BCUT2D eigenvalue weighted by molar-refractivity contribution is -0.0980. The van der Waals surface area contributed by atoms with E-state index >= 15 is 0 Å². The van der Waals surface area contributed by atoms with Crippen LogP contribution in [0.3, 0.4) is 0 Å². The summed E-state index contributed by atoms with van der Waals surface area (Å²) in [5.74, 6) is 3.01. The Kier molecular flexibility index (Phi) is 21.1. The molecule has 4 nitrogen and oxygen atoms in total. The molecule has 1 saturated carbocycles. The first-order valence-electron chi connectivity index (χ1n) is 16.4. The molecule has 1 aromatic carbocycles. The molecule has 3 fully saturated rings. The molecule has 0 unspecified atom stereocenters. The topological polar surface area (TPSA) is 26.8 Å². The van der Waals surface area contributed by atoms with Gasteiger partial charge in [0.05, 0.1) is 0 Å². The fourth-order valence-corrected chi connectivity index (χ4v) is 5.87. The second-order valence-corrected chi connectivity index (χ2v) is 13.3. The third-order valence-electron chi connectivity index (χ3n) is 8.89. The molecule has 0 spiro atoms. The van der Waals surface area contributed by atoms with Crippen LogP contribution in [0.1, 0.15) is 112 Å². The summed E-state index contributed by atoms with van der Waals surface area (Å²) in [5.41, 5.74) is 3.21. The quantitative estimate of drug-likeness (QED) is 0.305. The number of rotatable bonds is 7. The predicted octanol–water partition coefficient (Wildman–Crippen LogP) is 9.34. The van der Waals surface area contributed by atoms with Crippen LogP contribution in [0.2, 0.25) is 0 Å². The number of hydrogen-bond donors (Lipinski definition) is 0. The fraction of sp³-hybridized carbons (Fsp3) is 0.757. The van der Waals surface area contributed by atoms with Crippen LogP contribution >= 0.6 is 0 Å². The van der Waals surface area contributed by atoms with Crippen molar-refractivity contribution in [1.29, 1.82) is 0 Å². The van der Waals surface area contributed by atoms with E-state index in [0.717, 1.165) is 24.3 Å². The molecule has 4 rings (SSSR count). The van der Waals surface area contributed by atoms with Gasteiger partial charge in [0.15, 0.2) is 0 Å². The summed E-state index contributed by atoms with van der Waals surface area (Å²) >= 11 is 0. The van der Waals surface area contributed by atoms with E-state index in [9.17, 15) is 0 Å². The minimum Gasteiger partial charge on any atom is -0.372 e. The largest absolute Gasteiger partial charge is 0.372 e. The lowest BCUT2D eigenvalue weighted by atomic mass is 9.80. The Morgan fingerprint density at radius 2 is 1.27 bits per heavy atom. The normalized spacial score (nSPS) is 22.0.